The van der Waals surface area contributed by atoms with Gasteiger partial charge in [0.25, 0.3) is 11.8 Å². The first kappa shape index (κ1) is 20.3. The highest BCUT2D eigenvalue weighted by molar-refractivity contribution is 6.30. The number of nitrogens with one attached hydrogen (secondary N) is 2. The van der Waals surface area contributed by atoms with Crippen molar-refractivity contribution in [2.24, 2.45) is 0 Å². The van der Waals surface area contributed by atoms with Crippen LogP contribution < -0.4 is 15.6 Å². The van der Waals surface area contributed by atoms with Gasteiger partial charge in [-0.25, -0.2) is 4.79 Å². The van der Waals surface area contributed by atoms with Crippen LogP contribution in [-0.4, -0.2) is 31.0 Å². The molecule has 0 heterocycles. The van der Waals surface area contributed by atoms with Crippen molar-refractivity contribution in [2.45, 2.75) is 13.8 Å². The zero-order valence-electron chi connectivity index (χ0n) is 14.9. The lowest BCUT2D eigenvalue weighted by molar-refractivity contribution is -0.150. The molecule has 0 saturated heterocycles. The standard InChI is InChI=1S/C19H19ClN2O5/c1-12-3-8-16(13(2)9-12)26-11-18(24)27-10-17(23)21-22-19(25)14-4-6-15(20)7-5-14/h3-9H,10-11H2,1-2H3,(H,21,23)(H,22,25). The zero-order chi connectivity index (χ0) is 19.8. The van der Waals surface area contributed by atoms with E-state index in [9.17, 15) is 14.4 Å². The lowest BCUT2D eigenvalue weighted by atomic mass is 10.1. The van der Waals surface area contributed by atoms with Gasteiger partial charge in [0.2, 0.25) is 0 Å². The Kier molecular flexibility index (Phi) is 7.19. The van der Waals surface area contributed by atoms with Gasteiger partial charge in [0.1, 0.15) is 5.75 Å². The molecule has 2 amide bonds. The van der Waals surface area contributed by atoms with E-state index in [-0.39, 0.29) is 6.61 Å². The maximum absolute atomic E-state index is 11.8. The van der Waals surface area contributed by atoms with Crippen molar-refractivity contribution in [3.8, 4) is 5.75 Å². The van der Waals surface area contributed by atoms with Crippen LogP contribution in [0.25, 0.3) is 0 Å². The number of esters is 1. The van der Waals surface area contributed by atoms with E-state index in [1.807, 2.05) is 26.0 Å². The van der Waals surface area contributed by atoms with Crippen LogP contribution in [0.4, 0.5) is 0 Å². The van der Waals surface area contributed by atoms with Gasteiger partial charge in [0, 0.05) is 10.6 Å². The summed E-state index contributed by atoms with van der Waals surface area (Å²) >= 11 is 5.73. The predicted molar refractivity (Wildman–Crippen MR) is 99.4 cm³/mol. The van der Waals surface area contributed by atoms with Crippen molar-refractivity contribution < 1.29 is 23.9 Å². The molecule has 27 heavy (non-hydrogen) atoms. The van der Waals surface area contributed by atoms with Crippen molar-refractivity contribution in [3.63, 3.8) is 0 Å². The molecule has 0 fully saturated rings. The van der Waals surface area contributed by atoms with Crippen LogP contribution in [0.5, 0.6) is 5.75 Å². The molecule has 142 valence electrons. The van der Waals surface area contributed by atoms with Crippen LogP contribution in [0.15, 0.2) is 42.5 Å². The summed E-state index contributed by atoms with van der Waals surface area (Å²) in [6, 6.07) is 11.7. The van der Waals surface area contributed by atoms with Gasteiger partial charge in [0.05, 0.1) is 0 Å². The third-order valence-corrected chi connectivity index (χ3v) is 3.71. The largest absolute Gasteiger partial charge is 0.482 e. The molecule has 0 bridgehead atoms. The number of carbonyl (C=O) groups excluding carboxylic acids is 3. The van der Waals surface area contributed by atoms with E-state index in [2.05, 4.69) is 10.9 Å². The molecule has 8 heteroatoms. The lowest BCUT2D eigenvalue weighted by Crippen LogP contribution is -2.43. The van der Waals surface area contributed by atoms with Crippen LogP contribution in [0.3, 0.4) is 0 Å². The predicted octanol–water partition coefficient (Wildman–Crippen LogP) is 2.34. The van der Waals surface area contributed by atoms with Crippen LogP contribution in [0.1, 0.15) is 21.5 Å². The van der Waals surface area contributed by atoms with E-state index < -0.39 is 24.4 Å². The van der Waals surface area contributed by atoms with Gasteiger partial charge in [-0.15, -0.1) is 0 Å². The summed E-state index contributed by atoms with van der Waals surface area (Å²) in [6.07, 6.45) is 0. The van der Waals surface area contributed by atoms with Crippen molar-refractivity contribution in [1.82, 2.24) is 10.9 Å². The van der Waals surface area contributed by atoms with E-state index in [0.717, 1.165) is 11.1 Å². The maximum Gasteiger partial charge on any atom is 0.344 e. The Morgan fingerprint density at radius 1 is 0.963 bits per heavy atom. The number of amides is 2. The molecule has 0 aliphatic rings. The van der Waals surface area contributed by atoms with Crippen molar-refractivity contribution in [2.75, 3.05) is 13.2 Å². The van der Waals surface area contributed by atoms with Crippen LogP contribution >= 0.6 is 11.6 Å². The van der Waals surface area contributed by atoms with Gasteiger partial charge in [-0.3, -0.25) is 20.4 Å². The van der Waals surface area contributed by atoms with Crippen LogP contribution in [0, 0.1) is 13.8 Å². The van der Waals surface area contributed by atoms with Gasteiger partial charge in [-0.2, -0.15) is 0 Å². The summed E-state index contributed by atoms with van der Waals surface area (Å²) in [5.74, 6) is -1.34. The maximum atomic E-state index is 11.8. The summed E-state index contributed by atoms with van der Waals surface area (Å²) in [5.41, 5.74) is 6.65. The van der Waals surface area contributed by atoms with E-state index in [4.69, 9.17) is 21.1 Å². The highest BCUT2D eigenvalue weighted by Crippen LogP contribution is 2.18. The number of hydrazine groups is 1. The molecule has 0 atom stereocenters. The van der Waals surface area contributed by atoms with Gasteiger partial charge >= 0.3 is 5.97 Å². The number of benzene rings is 2. The Morgan fingerprint density at radius 2 is 1.67 bits per heavy atom. The van der Waals surface area contributed by atoms with Crippen LogP contribution in [-0.2, 0) is 14.3 Å². The SMILES string of the molecule is Cc1ccc(OCC(=O)OCC(=O)NNC(=O)c2ccc(Cl)cc2)c(C)c1. The third-order valence-electron chi connectivity index (χ3n) is 3.46. The Bertz CT molecular complexity index is 836. The molecule has 0 aromatic heterocycles. The number of hydrogen-bond acceptors (Lipinski definition) is 5. The lowest BCUT2D eigenvalue weighted by Gasteiger charge is -2.10. The number of aryl methyl sites for hydroxylation is 2. The second-order valence-corrected chi connectivity index (χ2v) is 6.16. The van der Waals surface area contributed by atoms with Gasteiger partial charge in [-0.05, 0) is 49.7 Å². The molecule has 2 N–H and O–H groups in total. The van der Waals surface area contributed by atoms with E-state index in [1.54, 1.807) is 18.2 Å². The first-order valence-corrected chi connectivity index (χ1v) is 8.43. The third kappa shape index (κ3) is 6.63. The van der Waals surface area contributed by atoms with Crippen molar-refractivity contribution in [3.05, 3.63) is 64.2 Å². The summed E-state index contributed by atoms with van der Waals surface area (Å²) in [6.45, 7) is 2.95. The Hall–Kier alpha value is -3.06. The smallest absolute Gasteiger partial charge is 0.344 e. The van der Waals surface area contributed by atoms with Crippen molar-refractivity contribution >= 4 is 29.4 Å². The van der Waals surface area contributed by atoms with Gasteiger partial charge < -0.3 is 9.47 Å². The Labute approximate surface area is 161 Å². The summed E-state index contributed by atoms with van der Waals surface area (Å²) in [4.78, 5) is 35.1. The molecule has 0 aliphatic carbocycles. The average molecular weight is 391 g/mol. The fourth-order valence-electron chi connectivity index (χ4n) is 2.12. The summed E-state index contributed by atoms with van der Waals surface area (Å²) < 4.78 is 10.2. The average Bonchev–Trinajstić information content (AvgIpc) is 2.64. The fraction of sp³-hybridized carbons (Fsp3) is 0.211. The van der Waals surface area contributed by atoms with E-state index in [1.165, 1.54) is 12.1 Å². The van der Waals surface area contributed by atoms with E-state index in [0.29, 0.717) is 16.3 Å². The number of carbonyl (C=O) groups is 3. The second kappa shape index (κ2) is 9.59. The summed E-state index contributed by atoms with van der Waals surface area (Å²) in [5, 5.41) is 0.491. The first-order chi connectivity index (χ1) is 12.8. The molecule has 0 aliphatic heterocycles. The molecule has 0 unspecified atom stereocenters. The highest BCUT2D eigenvalue weighted by atomic mass is 35.5. The highest BCUT2D eigenvalue weighted by Gasteiger charge is 2.11. The monoisotopic (exact) mass is 390 g/mol. The number of ether oxygens (including phenoxy) is 2. The normalized spacial score (nSPS) is 10.0. The van der Waals surface area contributed by atoms with Crippen molar-refractivity contribution in [1.29, 1.82) is 0 Å². The molecular formula is C19H19ClN2O5. The molecule has 0 radical (unpaired) electrons. The molecule has 7 nitrogen and oxygen atoms in total. The molecule has 2 rings (SSSR count). The molecule has 2 aromatic rings. The number of halogens is 1. The van der Waals surface area contributed by atoms with Gasteiger partial charge in [-0.1, -0.05) is 29.3 Å². The zero-order valence-corrected chi connectivity index (χ0v) is 15.6. The molecule has 2 aromatic carbocycles. The first-order valence-electron chi connectivity index (χ1n) is 8.05. The number of hydrogen-bond donors (Lipinski definition) is 2. The minimum absolute atomic E-state index is 0.318. The Morgan fingerprint density at radius 3 is 2.33 bits per heavy atom. The topological polar surface area (TPSA) is 93.7 Å². The van der Waals surface area contributed by atoms with Crippen LogP contribution in [0.2, 0.25) is 5.02 Å². The van der Waals surface area contributed by atoms with Gasteiger partial charge in [0.15, 0.2) is 13.2 Å². The quantitative estimate of drug-likeness (QED) is 0.583. The molecular weight excluding hydrogens is 372 g/mol. The fourth-order valence-corrected chi connectivity index (χ4v) is 2.25. The minimum atomic E-state index is -0.700. The molecule has 0 saturated carbocycles. The second-order valence-electron chi connectivity index (χ2n) is 5.73. The molecule has 0 spiro atoms. The minimum Gasteiger partial charge on any atom is -0.482 e. The summed E-state index contributed by atoms with van der Waals surface area (Å²) in [7, 11) is 0. The van der Waals surface area contributed by atoms with E-state index >= 15 is 0 Å². The Balaban J connectivity index is 1.69. The number of rotatable bonds is 6.